The van der Waals surface area contributed by atoms with Gasteiger partial charge in [0.1, 0.15) is 0 Å². The summed E-state index contributed by atoms with van der Waals surface area (Å²) in [5.41, 5.74) is 2.79. The van der Waals surface area contributed by atoms with Crippen molar-refractivity contribution < 1.29 is 19.1 Å². The predicted octanol–water partition coefficient (Wildman–Crippen LogP) is 5.49. The topological polar surface area (TPSA) is 76.7 Å². The molecule has 34 heavy (non-hydrogen) atoms. The molecule has 0 bridgehead atoms. The zero-order valence-electron chi connectivity index (χ0n) is 19.0. The lowest BCUT2D eigenvalue weighted by atomic mass is 10.0. The number of carbonyl (C=O) groups excluding carboxylic acids is 2. The molecular weight excluding hydrogens is 428 g/mol. The highest BCUT2D eigenvalue weighted by atomic mass is 16.5. The minimum atomic E-state index is -0.743. The molecule has 0 radical (unpaired) electrons. The van der Waals surface area contributed by atoms with Gasteiger partial charge in [0.25, 0.3) is 11.8 Å². The number of ether oxygens (including phenoxy) is 2. The van der Waals surface area contributed by atoms with Gasteiger partial charge in [-0.3, -0.25) is 9.59 Å². The van der Waals surface area contributed by atoms with E-state index in [1.54, 1.807) is 0 Å². The van der Waals surface area contributed by atoms with Crippen LogP contribution in [0.2, 0.25) is 0 Å². The molecule has 2 atom stereocenters. The number of benzene rings is 4. The quantitative estimate of drug-likeness (QED) is 0.369. The molecule has 6 nitrogen and oxygen atoms in total. The second kappa shape index (κ2) is 10.7. The number of hydrogen-bond donors (Lipinski definition) is 2. The van der Waals surface area contributed by atoms with Gasteiger partial charge >= 0.3 is 0 Å². The van der Waals surface area contributed by atoms with Gasteiger partial charge in [0.05, 0.1) is 0 Å². The molecule has 4 aromatic carbocycles. The van der Waals surface area contributed by atoms with Crippen LogP contribution in [0.4, 0.5) is 11.4 Å². The van der Waals surface area contributed by atoms with Gasteiger partial charge in [0, 0.05) is 36.4 Å². The second-order valence-corrected chi connectivity index (χ2v) is 7.74. The molecule has 0 heterocycles. The van der Waals surface area contributed by atoms with E-state index in [1.807, 2.05) is 97.1 Å². The average Bonchev–Trinajstić information content (AvgIpc) is 2.87. The molecule has 0 saturated carbocycles. The van der Waals surface area contributed by atoms with Crippen LogP contribution in [-0.2, 0) is 19.1 Å². The molecule has 6 heteroatoms. The van der Waals surface area contributed by atoms with Crippen LogP contribution in [0.15, 0.2) is 97.1 Å². The standard InChI is InChI=1S/C28H26N2O4/c1-33-25(19-11-5-3-6-12-19)27(31)29-23-17-9-16-22-21(23)15-10-18-24(22)30-28(32)26(34-2)20-13-7-4-8-14-20/h3-18,25-26H,1-2H3,(H,29,31)(H,30,32). The van der Waals surface area contributed by atoms with Gasteiger partial charge < -0.3 is 20.1 Å². The first-order chi connectivity index (χ1) is 16.6. The van der Waals surface area contributed by atoms with Crippen LogP contribution < -0.4 is 10.6 Å². The first-order valence-electron chi connectivity index (χ1n) is 10.9. The predicted molar refractivity (Wildman–Crippen MR) is 134 cm³/mol. The normalized spacial score (nSPS) is 12.6. The highest BCUT2D eigenvalue weighted by Gasteiger charge is 2.22. The molecular formula is C28H26N2O4. The van der Waals surface area contributed by atoms with Crippen LogP contribution in [-0.4, -0.2) is 26.0 Å². The van der Waals surface area contributed by atoms with Crippen LogP contribution in [0, 0.1) is 0 Å². The summed E-state index contributed by atoms with van der Waals surface area (Å²) in [6.07, 6.45) is -1.49. The van der Waals surface area contributed by atoms with Crippen LogP contribution in [0.5, 0.6) is 0 Å². The van der Waals surface area contributed by atoms with Gasteiger partial charge in [-0.2, -0.15) is 0 Å². The Kier molecular flexibility index (Phi) is 7.32. The van der Waals surface area contributed by atoms with Gasteiger partial charge in [0.2, 0.25) is 0 Å². The lowest BCUT2D eigenvalue weighted by Gasteiger charge is -2.18. The third-order valence-electron chi connectivity index (χ3n) is 5.59. The van der Waals surface area contributed by atoms with E-state index in [2.05, 4.69) is 10.6 Å². The van der Waals surface area contributed by atoms with E-state index in [4.69, 9.17) is 9.47 Å². The zero-order chi connectivity index (χ0) is 23.9. The van der Waals surface area contributed by atoms with Crippen LogP contribution >= 0.6 is 0 Å². The van der Waals surface area contributed by atoms with Gasteiger partial charge in [-0.15, -0.1) is 0 Å². The van der Waals surface area contributed by atoms with Crippen molar-refractivity contribution in [1.82, 2.24) is 0 Å². The third kappa shape index (κ3) is 4.98. The Morgan fingerprint density at radius 1 is 0.559 bits per heavy atom. The maximum Gasteiger partial charge on any atom is 0.258 e. The number of carbonyl (C=O) groups is 2. The Morgan fingerprint density at radius 2 is 0.941 bits per heavy atom. The number of fused-ring (bicyclic) bond motifs is 1. The maximum absolute atomic E-state index is 13.0. The summed E-state index contributed by atoms with van der Waals surface area (Å²) in [7, 11) is 3.01. The van der Waals surface area contributed by atoms with Gasteiger partial charge in [-0.1, -0.05) is 84.9 Å². The van der Waals surface area contributed by atoms with Crippen molar-refractivity contribution in [1.29, 1.82) is 0 Å². The number of methoxy groups -OCH3 is 2. The van der Waals surface area contributed by atoms with Gasteiger partial charge in [-0.25, -0.2) is 0 Å². The Bertz CT molecular complexity index is 1170. The number of amides is 2. The minimum Gasteiger partial charge on any atom is -0.367 e. The second-order valence-electron chi connectivity index (χ2n) is 7.74. The van der Waals surface area contributed by atoms with E-state index in [9.17, 15) is 9.59 Å². The van der Waals surface area contributed by atoms with Crippen LogP contribution in [0.25, 0.3) is 10.8 Å². The summed E-state index contributed by atoms with van der Waals surface area (Å²) >= 11 is 0. The molecule has 2 amide bonds. The van der Waals surface area contributed by atoms with Crippen molar-refractivity contribution in [3.63, 3.8) is 0 Å². The van der Waals surface area contributed by atoms with Gasteiger partial charge in [-0.05, 0) is 23.3 Å². The average molecular weight is 455 g/mol. The van der Waals surface area contributed by atoms with Crippen molar-refractivity contribution in [2.75, 3.05) is 24.9 Å². The molecule has 0 aliphatic heterocycles. The van der Waals surface area contributed by atoms with Gasteiger partial charge in [0.15, 0.2) is 12.2 Å². The Balaban J connectivity index is 1.60. The molecule has 0 fully saturated rings. The van der Waals surface area contributed by atoms with Crippen molar-refractivity contribution in [2.45, 2.75) is 12.2 Å². The number of rotatable bonds is 8. The molecule has 0 aromatic heterocycles. The summed E-state index contributed by atoms with van der Waals surface area (Å²) in [5.74, 6) is -0.557. The molecule has 2 unspecified atom stereocenters. The van der Waals surface area contributed by atoms with E-state index >= 15 is 0 Å². The Hall–Kier alpha value is -4.00. The maximum atomic E-state index is 13.0. The summed E-state index contributed by atoms with van der Waals surface area (Å²) in [6.45, 7) is 0. The first kappa shape index (κ1) is 23.2. The minimum absolute atomic E-state index is 0.279. The number of nitrogens with one attached hydrogen (secondary N) is 2. The first-order valence-corrected chi connectivity index (χ1v) is 10.9. The van der Waals surface area contributed by atoms with E-state index in [0.717, 1.165) is 21.9 Å². The zero-order valence-corrected chi connectivity index (χ0v) is 19.0. The summed E-state index contributed by atoms with van der Waals surface area (Å²) in [6, 6.07) is 29.8. The smallest absolute Gasteiger partial charge is 0.258 e. The lowest BCUT2D eigenvalue weighted by Crippen LogP contribution is -2.23. The molecule has 4 rings (SSSR count). The largest absolute Gasteiger partial charge is 0.367 e. The number of anilines is 2. The molecule has 0 saturated heterocycles. The Labute approximate surface area is 198 Å². The van der Waals surface area contributed by atoms with Crippen molar-refractivity contribution in [3.05, 3.63) is 108 Å². The van der Waals surface area contributed by atoms with Crippen molar-refractivity contribution >= 4 is 34.0 Å². The number of hydrogen-bond acceptors (Lipinski definition) is 4. The lowest BCUT2D eigenvalue weighted by molar-refractivity contribution is -0.126. The SMILES string of the molecule is COC(C(=O)Nc1cccc2c(NC(=O)C(OC)c3ccccc3)cccc12)c1ccccc1. The molecule has 172 valence electrons. The summed E-state index contributed by atoms with van der Waals surface area (Å²) < 4.78 is 10.9. The van der Waals surface area contributed by atoms with E-state index in [1.165, 1.54) is 14.2 Å². The van der Waals surface area contributed by atoms with E-state index < -0.39 is 12.2 Å². The van der Waals surface area contributed by atoms with Crippen molar-refractivity contribution in [2.24, 2.45) is 0 Å². The van der Waals surface area contributed by atoms with Crippen LogP contribution in [0.1, 0.15) is 23.3 Å². The monoisotopic (exact) mass is 454 g/mol. The van der Waals surface area contributed by atoms with Crippen molar-refractivity contribution in [3.8, 4) is 0 Å². The highest BCUT2D eigenvalue weighted by molar-refractivity contribution is 6.10. The van der Waals surface area contributed by atoms with E-state index in [-0.39, 0.29) is 11.8 Å². The molecule has 0 aliphatic carbocycles. The molecule has 0 spiro atoms. The fraction of sp³-hybridized carbons (Fsp3) is 0.143. The fourth-order valence-corrected chi connectivity index (χ4v) is 3.97. The Morgan fingerprint density at radius 3 is 1.29 bits per heavy atom. The van der Waals surface area contributed by atoms with Crippen LogP contribution in [0.3, 0.4) is 0 Å². The summed E-state index contributed by atoms with van der Waals surface area (Å²) in [5, 5.41) is 7.54. The molecule has 2 N–H and O–H groups in total. The third-order valence-corrected chi connectivity index (χ3v) is 5.59. The fourth-order valence-electron chi connectivity index (χ4n) is 3.97. The highest BCUT2D eigenvalue weighted by Crippen LogP contribution is 2.31. The molecule has 4 aromatic rings. The van der Waals surface area contributed by atoms with E-state index in [0.29, 0.717) is 11.4 Å². The summed E-state index contributed by atoms with van der Waals surface area (Å²) in [4.78, 5) is 26.0. The molecule has 0 aliphatic rings.